The van der Waals surface area contributed by atoms with Gasteiger partial charge in [-0.3, -0.25) is 4.90 Å². The van der Waals surface area contributed by atoms with E-state index in [0.29, 0.717) is 0 Å². The smallest absolute Gasteiger partial charge is 0.161 e. The van der Waals surface area contributed by atoms with Crippen molar-refractivity contribution in [2.75, 3.05) is 27.3 Å². The molecule has 0 N–H and O–H groups in total. The van der Waals surface area contributed by atoms with Crippen molar-refractivity contribution in [3.63, 3.8) is 0 Å². The summed E-state index contributed by atoms with van der Waals surface area (Å²) in [5, 5.41) is 0. The second-order valence-electron chi connectivity index (χ2n) is 5.07. The predicted octanol–water partition coefficient (Wildman–Crippen LogP) is 3.03. The van der Waals surface area contributed by atoms with Gasteiger partial charge in [0.1, 0.15) is 0 Å². The molecule has 0 fully saturated rings. The molecule has 0 aromatic heterocycles. The molecule has 0 unspecified atom stereocenters. The van der Waals surface area contributed by atoms with Crippen LogP contribution in [0, 0.1) is 0 Å². The summed E-state index contributed by atoms with van der Waals surface area (Å²) < 4.78 is 10.7. The minimum Gasteiger partial charge on any atom is -0.493 e. The van der Waals surface area contributed by atoms with Crippen LogP contribution >= 0.6 is 0 Å². The van der Waals surface area contributed by atoms with Crippen LogP contribution < -0.4 is 9.47 Å². The Hall–Kier alpha value is -1.48. The van der Waals surface area contributed by atoms with E-state index in [-0.39, 0.29) is 0 Å². The van der Waals surface area contributed by atoms with E-state index < -0.39 is 0 Å². The SMILES string of the molecule is C/C=C(\C)CN1CCc2cc(OC)c(OC)cc2C1. The number of benzene rings is 1. The second-order valence-corrected chi connectivity index (χ2v) is 5.07. The third-order valence-electron chi connectivity index (χ3n) is 3.76. The lowest BCUT2D eigenvalue weighted by atomic mass is 9.98. The fourth-order valence-corrected chi connectivity index (χ4v) is 2.52. The Labute approximate surface area is 115 Å². The molecule has 1 aromatic rings. The number of nitrogens with zero attached hydrogens (tertiary/aromatic N) is 1. The van der Waals surface area contributed by atoms with Gasteiger partial charge in [0.2, 0.25) is 0 Å². The minimum absolute atomic E-state index is 0.825. The molecular formula is C16H23NO2. The van der Waals surface area contributed by atoms with E-state index in [0.717, 1.165) is 37.6 Å². The zero-order valence-electron chi connectivity index (χ0n) is 12.3. The predicted molar refractivity (Wildman–Crippen MR) is 78.0 cm³/mol. The maximum atomic E-state index is 5.38. The number of rotatable bonds is 4. The average molecular weight is 261 g/mol. The Balaban J connectivity index is 2.20. The molecule has 0 amide bonds. The lowest BCUT2D eigenvalue weighted by molar-refractivity contribution is 0.273. The number of allylic oxidation sites excluding steroid dienone is 1. The molecule has 0 radical (unpaired) electrons. The topological polar surface area (TPSA) is 21.7 Å². The summed E-state index contributed by atoms with van der Waals surface area (Å²) in [4.78, 5) is 2.48. The molecule has 19 heavy (non-hydrogen) atoms. The van der Waals surface area contributed by atoms with Crippen LogP contribution in [-0.2, 0) is 13.0 Å². The average Bonchev–Trinajstić information content (AvgIpc) is 2.45. The van der Waals surface area contributed by atoms with Crippen LogP contribution in [0.25, 0.3) is 0 Å². The van der Waals surface area contributed by atoms with Gasteiger partial charge in [0.25, 0.3) is 0 Å². The van der Waals surface area contributed by atoms with E-state index in [2.05, 4.69) is 37.0 Å². The third kappa shape index (κ3) is 3.10. The standard InChI is InChI=1S/C16H23NO2/c1-5-12(2)10-17-7-6-13-8-15(18-3)16(19-4)9-14(13)11-17/h5,8-9H,6-7,10-11H2,1-4H3/b12-5+. The summed E-state index contributed by atoms with van der Waals surface area (Å²) in [6.07, 6.45) is 3.26. The van der Waals surface area contributed by atoms with Gasteiger partial charge in [-0.15, -0.1) is 0 Å². The molecule has 0 aliphatic carbocycles. The van der Waals surface area contributed by atoms with Crippen LogP contribution in [-0.4, -0.2) is 32.2 Å². The van der Waals surface area contributed by atoms with Gasteiger partial charge in [0.15, 0.2) is 11.5 Å². The summed E-state index contributed by atoms with van der Waals surface area (Å²) in [6.45, 7) is 7.42. The summed E-state index contributed by atoms with van der Waals surface area (Å²) in [7, 11) is 3.38. The summed E-state index contributed by atoms with van der Waals surface area (Å²) >= 11 is 0. The summed E-state index contributed by atoms with van der Waals surface area (Å²) in [6, 6.07) is 4.24. The molecule has 104 valence electrons. The van der Waals surface area contributed by atoms with Gasteiger partial charge in [0.05, 0.1) is 14.2 Å². The van der Waals surface area contributed by atoms with Crippen molar-refractivity contribution in [2.45, 2.75) is 26.8 Å². The van der Waals surface area contributed by atoms with E-state index in [4.69, 9.17) is 9.47 Å². The lowest BCUT2D eigenvalue weighted by Crippen LogP contribution is -2.31. The first-order valence-corrected chi connectivity index (χ1v) is 6.75. The van der Waals surface area contributed by atoms with Gasteiger partial charge in [-0.2, -0.15) is 0 Å². The second kappa shape index (κ2) is 6.11. The van der Waals surface area contributed by atoms with E-state index >= 15 is 0 Å². The van der Waals surface area contributed by atoms with Crippen molar-refractivity contribution in [2.24, 2.45) is 0 Å². The van der Waals surface area contributed by atoms with Crippen LogP contribution in [0.1, 0.15) is 25.0 Å². The molecule has 0 saturated carbocycles. The summed E-state index contributed by atoms with van der Waals surface area (Å²) in [5.41, 5.74) is 4.16. The Kier molecular flexibility index (Phi) is 4.48. The number of hydrogen-bond acceptors (Lipinski definition) is 3. The molecule has 0 bridgehead atoms. The monoisotopic (exact) mass is 261 g/mol. The van der Waals surface area contributed by atoms with E-state index in [1.54, 1.807) is 14.2 Å². The van der Waals surface area contributed by atoms with Crippen molar-refractivity contribution in [1.29, 1.82) is 0 Å². The fraction of sp³-hybridized carbons (Fsp3) is 0.500. The highest BCUT2D eigenvalue weighted by molar-refractivity contribution is 5.48. The van der Waals surface area contributed by atoms with Crippen LogP contribution in [0.15, 0.2) is 23.8 Å². The Morgan fingerprint density at radius 3 is 2.42 bits per heavy atom. The molecule has 1 aliphatic rings. The quantitative estimate of drug-likeness (QED) is 0.778. The van der Waals surface area contributed by atoms with Crippen molar-refractivity contribution in [3.8, 4) is 11.5 Å². The number of methoxy groups -OCH3 is 2. The number of fused-ring (bicyclic) bond motifs is 1. The molecule has 3 heteroatoms. The molecule has 0 atom stereocenters. The Morgan fingerprint density at radius 2 is 1.84 bits per heavy atom. The minimum atomic E-state index is 0.825. The van der Waals surface area contributed by atoms with Gasteiger partial charge < -0.3 is 9.47 Å². The van der Waals surface area contributed by atoms with Crippen molar-refractivity contribution in [1.82, 2.24) is 4.90 Å². The molecule has 0 saturated heterocycles. The Bertz CT molecular complexity index is 480. The van der Waals surface area contributed by atoms with E-state index in [1.807, 2.05) is 0 Å². The molecule has 3 nitrogen and oxygen atoms in total. The molecule has 0 spiro atoms. The van der Waals surface area contributed by atoms with E-state index in [9.17, 15) is 0 Å². The van der Waals surface area contributed by atoms with Crippen molar-refractivity contribution >= 4 is 0 Å². The van der Waals surface area contributed by atoms with Crippen LogP contribution in [0.4, 0.5) is 0 Å². The first-order chi connectivity index (χ1) is 9.17. The summed E-state index contributed by atoms with van der Waals surface area (Å²) in [5.74, 6) is 1.66. The largest absolute Gasteiger partial charge is 0.493 e. The van der Waals surface area contributed by atoms with Gasteiger partial charge in [-0.25, -0.2) is 0 Å². The maximum Gasteiger partial charge on any atom is 0.161 e. The van der Waals surface area contributed by atoms with E-state index in [1.165, 1.54) is 16.7 Å². The van der Waals surface area contributed by atoms with Gasteiger partial charge in [-0.05, 0) is 43.5 Å². The first kappa shape index (κ1) is 13.9. The normalized spacial score (nSPS) is 16.1. The first-order valence-electron chi connectivity index (χ1n) is 6.75. The molecule has 1 heterocycles. The van der Waals surface area contributed by atoms with Crippen LogP contribution in [0.3, 0.4) is 0 Å². The van der Waals surface area contributed by atoms with Crippen LogP contribution in [0.2, 0.25) is 0 Å². The van der Waals surface area contributed by atoms with Crippen LogP contribution in [0.5, 0.6) is 11.5 Å². The van der Waals surface area contributed by atoms with Gasteiger partial charge in [0, 0.05) is 19.6 Å². The third-order valence-corrected chi connectivity index (χ3v) is 3.76. The highest BCUT2D eigenvalue weighted by atomic mass is 16.5. The zero-order chi connectivity index (χ0) is 13.8. The molecule has 2 rings (SSSR count). The molecule has 1 aromatic carbocycles. The van der Waals surface area contributed by atoms with Crippen molar-refractivity contribution in [3.05, 3.63) is 34.9 Å². The molecular weight excluding hydrogens is 238 g/mol. The van der Waals surface area contributed by atoms with Gasteiger partial charge in [-0.1, -0.05) is 11.6 Å². The van der Waals surface area contributed by atoms with Crippen molar-refractivity contribution < 1.29 is 9.47 Å². The van der Waals surface area contributed by atoms with Gasteiger partial charge >= 0.3 is 0 Å². The fourth-order valence-electron chi connectivity index (χ4n) is 2.52. The lowest BCUT2D eigenvalue weighted by Gasteiger charge is -2.29. The number of hydrogen-bond donors (Lipinski definition) is 0. The number of ether oxygens (including phenoxy) is 2. The zero-order valence-corrected chi connectivity index (χ0v) is 12.3. The highest BCUT2D eigenvalue weighted by Gasteiger charge is 2.19. The maximum absolute atomic E-state index is 5.38. The Morgan fingerprint density at radius 1 is 1.21 bits per heavy atom. The highest BCUT2D eigenvalue weighted by Crippen LogP contribution is 2.33. The molecule has 1 aliphatic heterocycles.